The molecule has 2 aromatic heterocycles. The van der Waals surface area contributed by atoms with Crippen molar-refractivity contribution in [1.29, 1.82) is 0 Å². The molecule has 4 nitrogen and oxygen atoms in total. The lowest BCUT2D eigenvalue weighted by atomic mass is 10.4. The van der Waals surface area contributed by atoms with Crippen molar-refractivity contribution >= 4 is 11.6 Å². The molecule has 0 aliphatic heterocycles. The molecule has 0 aliphatic rings. The fourth-order valence-electron chi connectivity index (χ4n) is 1.25. The highest BCUT2D eigenvalue weighted by molar-refractivity contribution is 6.29. The van der Waals surface area contributed by atoms with Crippen molar-refractivity contribution in [1.82, 2.24) is 14.8 Å². The fourth-order valence-corrected chi connectivity index (χ4v) is 1.39. The summed E-state index contributed by atoms with van der Waals surface area (Å²) in [5.41, 5.74) is -0.392. The first-order chi connectivity index (χ1) is 8.11. The first kappa shape index (κ1) is 11.8. The zero-order valence-electron chi connectivity index (χ0n) is 8.69. The first-order valence-electron chi connectivity index (χ1n) is 4.58. The van der Waals surface area contributed by atoms with Crippen molar-refractivity contribution in [3.63, 3.8) is 0 Å². The maximum atomic E-state index is 12.5. The quantitative estimate of drug-likeness (QED) is 0.795. The van der Waals surface area contributed by atoms with Crippen LogP contribution in [0.4, 0.5) is 8.78 Å². The van der Waals surface area contributed by atoms with E-state index in [1.54, 1.807) is 0 Å². The Morgan fingerprint density at radius 1 is 1.53 bits per heavy atom. The number of ether oxygens (including phenoxy) is 1. The van der Waals surface area contributed by atoms with Gasteiger partial charge >= 0.3 is 0 Å². The largest absolute Gasteiger partial charge is 0.481 e. The second kappa shape index (κ2) is 4.67. The van der Waals surface area contributed by atoms with E-state index in [1.165, 1.54) is 19.2 Å². The molecular weight excluding hydrogens is 252 g/mol. The predicted molar refractivity (Wildman–Crippen MR) is 56.7 cm³/mol. The zero-order chi connectivity index (χ0) is 12.4. The van der Waals surface area contributed by atoms with E-state index in [-0.39, 0.29) is 16.9 Å². The molecule has 0 bridgehead atoms. The lowest BCUT2D eigenvalue weighted by Gasteiger charge is -2.04. The molecule has 0 N–H and O–H groups in total. The molecule has 0 fully saturated rings. The van der Waals surface area contributed by atoms with Gasteiger partial charge in [-0.2, -0.15) is 9.78 Å². The van der Waals surface area contributed by atoms with Crippen molar-refractivity contribution < 1.29 is 13.5 Å². The van der Waals surface area contributed by atoms with Gasteiger partial charge in [0.25, 0.3) is 6.43 Å². The molecule has 0 saturated carbocycles. The topological polar surface area (TPSA) is 39.9 Å². The third-order valence-electron chi connectivity index (χ3n) is 1.97. The van der Waals surface area contributed by atoms with E-state index in [1.807, 2.05) is 0 Å². The highest BCUT2D eigenvalue weighted by Crippen LogP contribution is 2.24. The number of halogens is 3. The lowest BCUT2D eigenvalue weighted by molar-refractivity contribution is 0.145. The van der Waals surface area contributed by atoms with Crippen LogP contribution in [-0.2, 0) is 0 Å². The Morgan fingerprint density at radius 3 is 2.88 bits per heavy atom. The molecule has 89 valence electrons. The summed E-state index contributed by atoms with van der Waals surface area (Å²) in [5, 5.41) is 3.90. The number of alkyl halides is 2. The van der Waals surface area contributed by atoms with E-state index in [4.69, 9.17) is 16.3 Å². The molecule has 17 heavy (non-hydrogen) atoms. The average molecular weight is 259 g/mol. The van der Waals surface area contributed by atoms with Gasteiger partial charge in [-0.25, -0.2) is 13.8 Å². The molecule has 0 aromatic carbocycles. The summed E-state index contributed by atoms with van der Waals surface area (Å²) in [6.07, 6.45) is -2.68. The van der Waals surface area contributed by atoms with Crippen LogP contribution in [0.2, 0.25) is 5.15 Å². The molecular formula is C10H7ClF2N3O. The summed E-state index contributed by atoms with van der Waals surface area (Å²) in [4.78, 5) is 3.91. The summed E-state index contributed by atoms with van der Waals surface area (Å²) in [5.74, 6) is 0.340. The second-order valence-corrected chi connectivity index (χ2v) is 3.45. The maximum absolute atomic E-state index is 12.5. The van der Waals surface area contributed by atoms with Gasteiger partial charge < -0.3 is 4.74 Å². The van der Waals surface area contributed by atoms with Gasteiger partial charge in [0.05, 0.1) is 7.11 Å². The van der Waals surface area contributed by atoms with Gasteiger partial charge in [-0.1, -0.05) is 11.6 Å². The van der Waals surface area contributed by atoms with E-state index in [0.717, 1.165) is 10.7 Å². The standard InChI is InChI=1S/C10H7ClF2N3O/c1-17-9-5-6(10(12)13)15-16(9)8-4-2-3-7(11)14-8/h2-3,5,10H,1H3. The van der Waals surface area contributed by atoms with E-state index < -0.39 is 12.1 Å². The minimum absolute atomic E-state index is 0.145. The summed E-state index contributed by atoms with van der Waals surface area (Å²) >= 11 is 5.70. The number of pyridine rings is 1. The Hall–Kier alpha value is -1.69. The van der Waals surface area contributed by atoms with E-state index in [0.29, 0.717) is 0 Å². The molecule has 2 aromatic rings. The SMILES string of the molecule is COc1cc(C(F)F)nn1-c1[c]ccc(Cl)n1. The summed E-state index contributed by atoms with van der Waals surface area (Å²) in [7, 11) is 1.35. The molecule has 7 heteroatoms. The molecule has 0 atom stereocenters. The van der Waals surface area contributed by atoms with Crippen LogP contribution in [0.3, 0.4) is 0 Å². The van der Waals surface area contributed by atoms with Crippen LogP contribution in [0.15, 0.2) is 18.2 Å². The third-order valence-corrected chi connectivity index (χ3v) is 2.19. The van der Waals surface area contributed by atoms with Crippen LogP contribution < -0.4 is 4.74 Å². The van der Waals surface area contributed by atoms with Gasteiger partial charge in [0, 0.05) is 12.1 Å². The fraction of sp³-hybridized carbons (Fsp3) is 0.200. The number of methoxy groups -OCH3 is 1. The first-order valence-corrected chi connectivity index (χ1v) is 4.96. The van der Waals surface area contributed by atoms with E-state index in [2.05, 4.69) is 16.1 Å². The zero-order valence-corrected chi connectivity index (χ0v) is 9.45. The third kappa shape index (κ3) is 2.36. The lowest BCUT2D eigenvalue weighted by Crippen LogP contribution is -2.03. The molecule has 0 unspecified atom stereocenters. The maximum Gasteiger partial charge on any atom is 0.282 e. The van der Waals surface area contributed by atoms with Gasteiger partial charge in [0.1, 0.15) is 10.8 Å². The number of rotatable bonds is 3. The minimum atomic E-state index is -2.68. The van der Waals surface area contributed by atoms with Crippen molar-refractivity contribution in [2.24, 2.45) is 0 Å². The Kier molecular flexibility index (Phi) is 3.23. The van der Waals surface area contributed by atoms with Crippen LogP contribution in [0.1, 0.15) is 12.1 Å². The molecule has 2 rings (SSSR count). The molecule has 0 aliphatic carbocycles. The highest BCUT2D eigenvalue weighted by Gasteiger charge is 2.17. The molecule has 0 saturated heterocycles. The molecule has 2 heterocycles. The molecule has 1 radical (unpaired) electrons. The van der Waals surface area contributed by atoms with Crippen LogP contribution >= 0.6 is 11.6 Å². The van der Waals surface area contributed by atoms with Crippen LogP contribution in [0.5, 0.6) is 5.88 Å². The number of nitrogens with zero attached hydrogens (tertiary/aromatic N) is 3. The molecule has 0 amide bonds. The highest BCUT2D eigenvalue weighted by atomic mass is 35.5. The Balaban J connectivity index is 2.50. The van der Waals surface area contributed by atoms with Crippen LogP contribution in [0.25, 0.3) is 5.82 Å². The number of hydrogen-bond donors (Lipinski definition) is 0. The van der Waals surface area contributed by atoms with Crippen molar-refractivity contribution in [3.8, 4) is 11.7 Å². The predicted octanol–water partition coefficient (Wildman–Crippen LogP) is 2.67. The number of aromatic nitrogens is 3. The van der Waals surface area contributed by atoms with Crippen LogP contribution in [0, 0.1) is 6.07 Å². The van der Waals surface area contributed by atoms with E-state index in [9.17, 15) is 8.78 Å². The Labute approximate surface area is 101 Å². The van der Waals surface area contributed by atoms with Crippen molar-refractivity contribution in [2.45, 2.75) is 6.43 Å². The summed E-state index contributed by atoms with van der Waals surface area (Å²) in [6, 6.07) is 6.92. The second-order valence-electron chi connectivity index (χ2n) is 3.06. The van der Waals surface area contributed by atoms with Crippen molar-refractivity contribution in [3.05, 3.63) is 35.1 Å². The van der Waals surface area contributed by atoms with Crippen molar-refractivity contribution in [2.75, 3.05) is 7.11 Å². The summed E-state index contributed by atoms with van der Waals surface area (Å²) in [6.45, 7) is 0. The minimum Gasteiger partial charge on any atom is -0.481 e. The Bertz CT molecular complexity index is 530. The monoisotopic (exact) mass is 258 g/mol. The molecule has 0 spiro atoms. The number of hydrogen-bond acceptors (Lipinski definition) is 3. The van der Waals surface area contributed by atoms with Gasteiger partial charge in [0.15, 0.2) is 5.82 Å². The van der Waals surface area contributed by atoms with Gasteiger partial charge in [-0.15, -0.1) is 0 Å². The average Bonchev–Trinajstić information content (AvgIpc) is 2.73. The Morgan fingerprint density at radius 2 is 2.29 bits per heavy atom. The van der Waals surface area contributed by atoms with Gasteiger partial charge in [-0.3, -0.25) is 0 Å². The smallest absolute Gasteiger partial charge is 0.282 e. The van der Waals surface area contributed by atoms with Crippen LogP contribution in [-0.4, -0.2) is 21.9 Å². The van der Waals surface area contributed by atoms with E-state index >= 15 is 0 Å². The summed E-state index contributed by atoms with van der Waals surface area (Å²) < 4.78 is 31.1. The van der Waals surface area contributed by atoms with Gasteiger partial charge in [-0.05, 0) is 12.1 Å². The van der Waals surface area contributed by atoms with Gasteiger partial charge in [0.2, 0.25) is 5.88 Å². The normalized spacial score (nSPS) is 10.9.